The zero-order chi connectivity index (χ0) is 21.1. The van der Waals surface area contributed by atoms with Gasteiger partial charge in [-0.15, -0.1) is 11.3 Å². The lowest BCUT2D eigenvalue weighted by Crippen LogP contribution is -2.24. The fraction of sp³-hybridized carbons (Fsp3) is 0.348. The van der Waals surface area contributed by atoms with E-state index in [2.05, 4.69) is 9.95 Å². The van der Waals surface area contributed by atoms with Gasteiger partial charge in [0.2, 0.25) is 10.0 Å². The van der Waals surface area contributed by atoms with Crippen LogP contribution < -0.4 is 4.80 Å². The van der Waals surface area contributed by atoms with Gasteiger partial charge >= 0.3 is 0 Å². The molecule has 1 aliphatic carbocycles. The van der Waals surface area contributed by atoms with Crippen molar-refractivity contribution in [2.45, 2.75) is 43.0 Å². The Bertz CT molecular complexity index is 1160. The molecule has 1 aromatic heterocycles. The van der Waals surface area contributed by atoms with E-state index in [0.717, 1.165) is 34.6 Å². The van der Waals surface area contributed by atoms with Gasteiger partial charge in [-0.1, -0.05) is 49.6 Å². The average Bonchev–Trinajstić information content (AvgIpc) is 3.18. The van der Waals surface area contributed by atoms with Crippen molar-refractivity contribution in [3.63, 3.8) is 0 Å². The molecule has 0 N–H and O–H groups in total. The Hall–Kier alpha value is -2.22. The molecule has 158 valence electrons. The van der Waals surface area contributed by atoms with E-state index in [0.29, 0.717) is 10.9 Å². The van der Waals surface area contributed by atoms with Crippen LogP contribution in [-0.4, -0.2) is 31.4 Å². The Morgan fingerprint density at radius 2 is 1.63 bits per heavy atom. The molecule has 0 saturated heterocycles. The average molecular weight is 442 g/mol. The molecule has 7 heteroatoms. The van der Waals surface area contributed by atoms with Crippen LogP contribution in [-0.2, 0) is 10.0 Å². The van der Waals surface area contributed by atoms with E-state index in [1.54, 1.807) is 37.6 Å². The van der Waals surface area contributed by atoms with E-state index in [4.69, 9.17) is 4.99 Å². The second-order valence-electron chi connectivity index (χ2n) is 7.82. The summed E-state index contributed by atoms with van der Waals surface area (Å²) in [5, 5.41) is 2.14. The lowest BCUT2D eigenvalue weighted by atomic mass is 9.95. The van der Waals surface area contributed by atoms with Crippen LogP contribution in [0, 0.1) is 0 Å². The maximum absolute atomic E-state index is 12.4. The summed E-state index contributed by atoms with van der Waals surface area (Å²) in [6.45, 7) is 0. The van der Waals surface area contributed by atoms with Gasteiger partial charge in [0.15, 0.2) is 4.80 Å². The van der Waals surface area contributed by atoms with Crippen LogP contribution in [0.4, 0.5) is 5.69 Å². The maximum Gasteiger partial charge on any atom is 0.242 e. The van der Waals surface area contributed by atoms with Gasteiger partial charge in [-0.2, -0.15) is 0 Å². The predicted octanol–water partition coefficient (Wildman–Crippen LogP) is 5.20. The van der Waals surface area contributed by atoms with Crippen LogP contribution in [0.25, 0.3) is 11.3 Å². The lowest BCUT2D eigenvalue weighted by molar-refractivity contribution is 0.351. The first kappa shape index (κ1) is 21.0. The SMILES string of the molecule is CN(C)S(=O)(=O)c1ccc(-c2csc(=Nc3ccccc3)n2C2CCCCC2)cc1. The molecule has 0 amide bonds. The van der Waals surface area contributed by atoms with Crippen molar-refractivity contribution < 1.29 is 8.42 Å². The minimum absolute atomic E-state index is 0.310. The normalized spacial score (nSPS) is 16.3. The molecule has 1 aliphatic rings. The Morgan fingerprint density at radius 1 is 0.967 bits per heavy atom. The van der Waals surface area contributed by atoms with Gasteiger partial charge < -0.3 is 4.57 Å². The van der Waals surface area contributed by atoms with E-state index in [1.165, 1.54) is 23.6 Å². The van der Waals surface area contributed by atoms with Crippen LogP contribution >= 0.6 is 11.3 Å². The summed E-state index contributed by atoms with van der Waals surface area (Å²) in [5.74, 6) is 0. The van der Waals surface area contributed by atoms with E-state index in [1.807, 2.05) is 42.5 Å². The topological polar surface area (TPSA) is 54.7 Å². The van der Waals surface area contributed by atoms with Gasteiger partial charge in [0.25, 0.3) is 0 Å². The number of rotatable bonds is 5. The fourth-order valence-electron chi connectivity index (χ4n) is 3.93. The second-order valence-corrected chi connectivity index (χ2v) is 10.8. The Morgan fingerprint density at radius 3 is 2.27 bits per heavy atom. The van der Waals surface area contributed by atoms with Crippen LogP contribution in [0.15, 0.2) is 69.9 Å². The summed E-state index contributed by atoms with van der Waals surface area (Å²) in [6.07, 6.45) is 6.06. The van der Waals surface area contributed by atoms with Crippen molar-refractivity contribution in [3.8, 4) is 11.3 Å². The number of benzene rings is 2. The van der Waals surface area contributed by atoms with E-state index in [-0.39, 0.29) is 0 Å². The highest BCUT2D eigenvalue weighted by Crippen LogP contribution is 2.33. The molecule has 1 saturated carbocycles. The van der Waals surface area contributed by atoms with Gasteiger partial charge in [-0.3, -0.25) is 0 Å². The predicted molar refractivity (Wildman–Crippen MR) is 122 cm³/mol. The van der Waals surface area contributed by atoms with Gasteiger partial charge in [0, 0.05) is 25.5 Å². The number of sulfonamides is 1. The molecule has 0 unspecified atom stereocenters. The number of hydrogen-bond acceptors (Lipinski definition) is 4. The third kappa shape index (κ3) is 4.29. The minimum atomic E-state index is -3.43. The first-order chi connectivity index (χ1) is 14.5. The molecule has 1 fully saturated rings. The van der Waals surface area contributed by atoms with Crippen molar-refractivity contribution in [3.05, 3.63) is 64.8 Å². The Balaban J connectivity index is 1.79. The summed E-state index contributed by atoms with van der Waals surface area (Å²) >= 11 is 1.64. The quantitative estimate of drug-likeness (QED) is 0.546. The van der Waals surface area contributed by atoms with Crippen LogP contribution in [0.3, 0.4) is 0 Å². The Labute approximate surface area is 182 Å². The molecule has 2 aromatic carbocycles. The minimum Gasteiger partial charge on any atom is -0.313 e. The van der Waals surface area contributed by atoms with Crippen molar-refractivity contribution >= 4 is 27.0 Å². The molecule has 0 spiro atoms. The molecule has 0 bridgehead atoms. The maximum atomic E-state index is 12.4. The molecule has 30 heavy (non-hydrogen) atoms. The number of aromatic nitrogens is 1. The van der Waals surface area contributed by atoms with Crippen molar-refractivity contribution in [2.24, 2.45) is 4.99 Å². The number of hydrogen-bond donors (Lipinski definition) is 0. The third-order valence-electron chi connectivity index (χ3n) is 5.59. The van der Waals surface area contributed by atoms with E-state index in [9.17, 15) is 8.42 Å². The van der Waals surface area contributed by atoms with Crippen LogP contribution in [0.2, 0.25) is 0 Å². The summed E-state index contributed by atoms with van der Waals surface area (Å²) < 4.78 is 28.4. The smallest absolute Gasteiger partial charge is 0.242 e. The fourth-order valence-corrected chi connectivity index (χ4v) is 5.81. The molecule has 0 aliphatic heterocycles. The van der Waals surface area contributed by atoms with Gasteiger partial charge in [0.1, 0.15) is 0 Å². The van der Waals surface area contributed by atoms with Crippen molar-refractivity contribution in [1.29, 1.82) is 0 Å². The highest BCUT2D eigenvalue weighted by molar-refractivity contribution is 7.89. The molecule has 3 aromatic rings. The molecular weight excluding hydrogens is 414 g/mol. The molecule has 0 atom stereocenters. The number of nitrogens with zero attached hydrogens (tertiary/aromatic N) is 3. The highest BCUT2D eigenvalue weighted by atomic mass is 32.2. The molecule has 4 rings (SSSR count). The van der Waals surface area contributed by atoms with Crippen molar-refractivity contribution in [2.75, 3.05) is 14.1 Å². The second kappa shape index (κ2) is 8.88. The summed E-state index contributed by atoms with van der Waals surface area (Å²) in [6, 6.07) is 17.7. The van der Waals surface area contributed by atoms with Gasteiger partial charge in [0.05, 0.1) is 16.3 Å². The molecular formula is C23H27N3O2S2. The number of thiazole rings is 1. The Kier molecular flexibility index (Phi) is 6.22. The summed E-state index contributed by atoms with van der Waals surface area (Å²) in [4.78, 5) is 6.23. The van der Waals surface area contributed by atoms with E-state index < -0.39 is 10.0 Å². The van der Waals surface area contributed by atoms with Crippen LogP contribution in [0.1, 0.15) is 38.1 Å². The number of para-hydroxylation sites is 1. The summed E-state index contributed by atoms with van der Waals surface area (Å²) in [7, 11) is -0.327. The molecule has 0 radical (unpaired) electrons. The standard InChI is InChI=1S/C23H27N3O2S2/c1-25(2)30(27,28)21-15-13-18(14-16-21)22-17-29-23(24-19-9-5-3-6-10-19)26(22)20-11-7-4-8-12-20/h3,5-6,9-10,13-17,20H,4,7-8,11-12H2,1-2H3. The largest absolute Gasteiger partial charge is 0.313 e. The van der Waals surface area contributed by atoms with Gasteiger partial charge in [-0.05, 0) is 42.7 Å². The zero-order valence-electron chi connectivity index (χ0n) is 17.4. The first-order valence-electron chi connectivity index (χ1n) is 10.3. The molecule has 5 nitrogen and oxygen atoms in total. The van der Waals surface area contributed by atoms with Crippen LogP contribution in [0.5, 0.6) is 0 Å². The highest BCUT2D eigenvalue weighted by Gasteiger charge is 2.21. The van der Waals surface area contributed by atoms with Gasteiger partial charge in [-0.25, -0.2) is 17.7 Å². The summed E-state index contributed by atoms with van der Waals surface area (Å²) in [5.41, 5.74) is 3.07. The lowest BCUT2D eigenvalue weighted by Gasteiger charge is -2.25. The first-order valence-corrected chi connectivity index (χ1v) is 12.6. The zero-order valence-corrected chi connectivity index (χ0v) is 19.0. The molecule has 1 heterocycles. The third-order valence-corrected chi connectivity index (χ3v) is 8.26. The van der Waals surface area contributed by atoms with Crippen molar-refractivity contribution in [1.82, 2.24) is 8.87 Å². The van der Waals surface area contributed by atoms with E-state index >= 15 is 0 Å². The monoisotopic (exact) mass is 441 g/mol.